The van der Waals surface area contributed by atoms with E-state index in [0.717, 1.165) is 24.9 Å². The zero-order valence-electron chi connectivity index (χ0n) is 17.1. The summed E-state index contributed by atoms with van der Waals surface area (Å²) in [6.07, 6.45) is 3.04. The van der Waals surface area contributed by atoms with Crippen molar-refractivity contribution in [2.24, 2.45) is 0 Å². The molecule has 1 aromatic carbocycles. The van der Waals surface area contributed by atoms with Crippen LogP contribution in [0.3, 0.4) is 0 Å². The van der Waals surface area contributed by atoms with Gasteiger partial charge in [0.1, 0.15) is 0 Å². The van der Waals surface area contributed by atoms with Crippen LogP contribution in [0.4, 0.5) is 11.4 Å². The van der Waals surface area contributed by atoms with Gasteiger partial charge in [0.25, 0.3) is 0 Å². The van der Waals surface area contributed by atoms with Gasteiger partial charge < -0.3 is 19.7 Å². The fraction of sp³-hybridized carbons (Fsp3) is 0.650. The molecule has 9 heteroatoms. The topological polar surface area (TPSA) is 88.2 Å². The molecule has 1 amide bonds. The fourth-order valence-corrected chi connectivity index (χ4v) is 5.18. The fourth-order valence-electron chi connectivity index (χ4n) is 3.63. The van der Waals surface area contributed by atoms with Crippen molar-refractivity contribution in [1.82, 2.24) is 4.31 Å². The van der Waals surface area contributed by atoms with Gasteiger partial charge >= 0.3 is 0 Å². The number of morpholine rings is 1. The maximum atomic E-state index is 13.1. The number of nitrogens with zero attached hydrogens (tertiary/aromatic N) is 2. The van der Waals surface area contributed by atoms with E-state index >= 15 is 0 Å². The minimum Gasteiger partial charge on any atom is -0.381 e. The van der Waals surface area contributed by atoms with Gasteiger partial charge in [-0.1, -0.05) is 6.42 Å². The predicted octanol–water partition coefficient (Wildman–Crippen LogP) is 2.06. The second-order valence-electron chi connectivity index (χ2n) is 7.24. The van der Waals surface area contributed by atoms with Crippen molar-refractivity contribution in [3.63, 3.8) is 0 Å². The zero-order valence-corrected chi connectivity index (χ0v) is 17.9. The van der Waals surface area contributed by atoms with Gasteiger partial charge in [-0.25, -0.2) is 8.42 Å². The molecule has 2 saturated heterocycles. The summed E-state index contributed by atoms with van der Waals surface area (Å²) in [7, 11) is -3.57. The average Bonchev–Trinajstić information content (AvgIpc) is 2.75. The Morgan fingerprint density at radius 2 is 1.86 bits per heavy atom. The summed E-state index contributed by atoms with van der Waals surface area (Å²) in [6, 6.07) is 5.03. The van der Waals surface area contributed by atoms with Crippen LogP contribution in [0.1, 0.15) is 32.6 Å². The Kier molecular flexibility index (Phi) is 7.88. The summed E-state index contributed by atoms with van der Waals surface area (Å²) < 4.78 is 38.4. The van der Waals surface area contributed by atoms with E-state index in [0.29, 0.717) is 58.3 Å². The third kappa shape index (κ3) is 5.69. The molecule has 1 aromatic rings. The van der Waals surface area contributed by atoms with Gasteiger partial charge in [-0.3, -0.25) is 4.79 Å². The van der Waals surface area contributed by atoms with Crippen molar-refractivity contribution in [2.75, 3.05) is 62.8 Å². The zero-order chi connectivity index (χ0) is 20.7. The molecular formula is C20H31N3O5S. The number of carbonyl (C=O) groups is 1. The maximum absolute atomic E-state index is 13.1. The number of sulfonamides is 1. The third-order valence-corrected chi connectivity index (χ3v) is 7.12. The number of amides is 1. The SMILES string of the molecule is CCOCCC(=O)Nc1cc(S(=O)(=O)N2CCCCC2)ccc1N1CCOCC1. The van der Waals surface area contributed by atoms with Crippen molar-refractivity contribution in [2.45, 2.75) is 37.5 Å². The molecule has 2 aliphatic heterocycles. The van der Waals surface area contributed by atoms with E-state index in [1.165, 1.54) is 0 Å². The highest BCUT2D eigenvalue weighted by molar-refractivity contribution is 7.89. The van der Waals surface area contributed by atoms with Crippen LogP contribution >= 0.6 is 0 Å². The number of anilines is 2. The van der Waals surface area contributed by atoms with Gasteiger partial charge in [-0.15, -0.1) is 0 Å². The molecule has 29 heavy (non-hydrogen) atoms. The summed E-state index contributed by atoms with van der Waals surface area (Å²) in [4.78, 5) is 14.7. The molecule has 2 heterocycles. The molecule has 0 atom stereocenters. The summed E-state index contributed by atoms with van der Waals surface area (Å²) >= 11 is 0. The Labute approximate surface area is 173 Å². The lowest BCUT2D eigenvalue weighted by molar-refractivity contribution is -0.117. The summed E-state index contributed by atoms with van der Waals surface area (Å²) in [5.74, 6) is -0.194. The first-order valence-electron chi connectivity index (χ1n) is 10.4. The monoisotopic (exact) mass is 425 g/mol. The normalized spacial score (nSPS) is 18.6. The molecule has 2 aliphatic rings. The number of hydrogen-bond donors (Lipinski definition) is 1. The first-order chi connectivity index (χ1) is 14.0. The van der Waals surface area contributed by atoms with Crippen LogP contribution in [0.2, 0.25) is 0 Å². The van der Waals surface area contributed by atoms with E-state index in [1.54, 1.807) is 22.5 Å². The lowest BCUT2D eigenvalue weighted by atomic mass is 10.2. The summed E-state index contributed by atoms with van der Waals surface area (Å²) in [5, 5.41) is 2.90. The molecule has 0 aromatic heterocycles. The second kappa shape index (κ2) is 10.4. The Morgan fingerprint density at radius 1 is 1.14 bits per heavy atom. The molecule has 0 radical (unpaired) electrons. The van der Waals surface area contributed by atoms with Gasteiger partial charge in [-0.05, 0) is 38.0 Å². The van der Waals surface area contributed by atoms with Gasteiger partial charge in [0, 0.05) is 32.8 Å². The highest BCUT2D eigenvalue weighted by Crippen LogP contribution is 2.31. The van der Waals surface area contributed by atoms with Gasteiger partial charge in [0.2, 0.25) is 15.9 Å². The van der Waals surface area contributed by atoms with Crippen LogP contribution in [-0.4, -0.2) is 71.2 Å². The van der Waals surface area contributed by atoms with Crippen LogP contribution < -0.4 is 10.2 Å². The molecule has 0 bridgehead atoms. The minimum atomic E-state index is -3.57. The number of hydrogen-bond acceptors (Lipinski definition) is 6. The average molecular weight is 426 g/mol. The van der Waals surface area contributed by atoms with E-state index < -0.39 is 10.0 Å². The van der Waals surface area contributed by atoms with Crippen LogP contribution in [0, 0.1) is 0 Å². The molecule has 1 N–H and O–H groups in total. The van der Waals surface area contributed by atoms with Gasteiger partial charge in [-0.2, -0.15) is 4.31 Å². The summed E-state index contributed by atoms with van der Waals surface area (Å²) in [6.45, 7) is 6.45. The van der Waals surface area contributed by atoms with Gasteiger partial charge in [0.05, 0.1) is 42.5 Å². The van der Waals surface area contributed by atoms with E-state index in [-0.39, 0.29) is 17.2 Å². The first kappa shape index (κ1) is 22.0. The standard InChI is InChI=1S/C20H31N3O5S/c1-2-27-13-8-20(24)21-18-16-17(29(25,26)23-9-4-3-5-10-23)6-7-19(18)22-11-14-28-15-12-22/h6-7,16H,2-5,8-15H2,1H3,(H,21,24). The second-order valence-corrected chi connectivity index (χ2v) is 9.18. The Morgan fingerprint density at radius 3 is 2.55 bits per heavy atom. The van der Waals surface area contributed by atoms with Crippen LogP contribution in [-0.2, 0) is 24.3 Å². The Bertz CT molecular complexity index is 787. The number of rotatable bonds is 8. The van der Waals surface area contributed by atoms with E-state index in [4.69, 9.17) is 9.47 Å². The van der Waals surface area contributed by atoms with Crippen LogP contribution in [0.5, 0.6) is 0 Å². The molecule has 0 saturated carbocycles. The third-order valence-electron chi connectivity index (χ3n) is 5.22. The van der Waals surface area contributed by atoms with Crippen LogP contribution in [0.25, 0.3) is 0 Å². The van der Waals surface area contributed by atoms with Crippen molar-refractivity contribution in [1.29, 1.82) is 0 Å². The number of piperidine rings is 1. The quantitative estimate of drug-likeness (QED) is 0.642. The predicted molar refractivity (Wildman–Crippen MR) is 112 cm³/mol. The van der Waals surface area contributed by atoms with Crippen molar-refractivity contribution >= 4 is 27.3 Å². The molecule has 0 aliphatic carbocycles. The van der Waals surface area contributed by atoms with E-state index in [1.807, 2.05) is 6.92 Å². The number of benzene rings is 1. The largest absolute Gasteiger partial charge is 0.381 e. The molecule has 0 unspecified atom stereocenters. The van der Waals surface area contributed by atoms with E-state index in [2.05, 4.69) is 10.2 Å². The highest BCUT2D eigenvalue weighted by atomic mass is 32.2. The molecule has 0 spiro atoms. The molecular weight excluding hydrogens is 394 g/mol. The smallest absolute Gasteiger partial charge is 0.243 e. The van der Waals surface area contributed by atoms with E-state index in [9.17, 15) is 13.2 Å². The van der Waals surface area contributed by atoms with Crippen molar-refractivity contribution in [3.05, 3.63) is 18.2 Å². The minimum absolute atomic E-state index is 0.194. The Hall–Kier alpha value is -1.68. The first-order valence-corrected chi connectivity index (χ1v) is 11.8. The number of nitrogens with one attached hydrogen (secondary N) is 1. The molecule has 162 valence electrons. The Balaban J connectivity index is 1.86. The molecule has 2 fully saturated rings. The molecule has 8 nitrogen and oxygen atoms in total. The van der Waals surface area contributed by atoms with Crippen molar-refractivity contribution in [3.8, 4) is 0 Å². The number of carbonyl (C=O) groups excluding carboxylic acids is 1. The summed E-state index contributed by atoms with van der Waals surface area (Å²) in [5.41, 5.74) is 1.34. The number of ether oxygens (including phenoxy) is 2. The lowest BCUT2D eigenvalue weighted by Crippen LogP contribution is -2.37. The maximum Gasteiger partial charge on any atom is 0.243 e. The van der Waals surface area contributed by atoms with Crippen molar-refractivity contribution < 1.29 is 22.7 Å². The molecule has 3 rings (SSSR count). The van der Waals surface area contributed by atoms with Crippen LogP contribution in [0.15, 0.2) is 23.1 Å². The lowest BCUT2D eigenvalue weighted by Gasteiger charge is -2.31. The van der Waals surface area contributed by atoms with Gasteiger partial charge in [0.15, 0.2) is 0 Å². The highest BCUT2D eigenvalue weighted by Gasteiger charge is 2.27.